The standard InChI is InChI=1S/4C12H22.C7H10/c4*1-2-4-6-8-10-12-11-9-7-5-3-1;1-2-7-4-3-6(1)5-7/h4*1-2H,3-12H2;1,7H,2-5H2/b4*2-1+;. The molecule has 0 saturated heterocycles. The molecule has 0 aromatic rings. The molecule has 1 unspecified atom stereocenters. The van der Waals surface area contributed by atoms with Crippen LogP contribution in [0.1, 0.15) is 283 Å². The fourth-order valence-corrected chi connectivity index (χ4v) is 8.97. The Morgan fingerprint density at radius 2 is 0.455 bits per heavy atom. The van der Waals surface area contributed by atoms with Gasteiger partial charge in [0, 0.05) is 0 Å². The van der Waals surface area contributed by atoms with E-state index >= 15 is 0 Å². The Kier molecular flexibility index (Phi) is 38.3. The zero-order valence-electron chi connectivity index (χ0n) is 37.4. The number of hydrogen-bond donors (Lipinski definition) is 0. The summed E-state index contributed by atoms with van der Waals surface area (Å²) < 4.78 is 0. The normalized spacial score (nSPS) is 26.8. The molecule has 0 N–H and O–H groups in total. The summed E-state index contributed by atoms with van der Waals surface area (Å²) in [5.74, 6) is 1.08. The molecule has 0 aliphatic heterocycles. The van der Waals surface area contributed by atoms with Crippen LogP contribution in [0.2, 0.25) is 0 Å². The molecule has 0 spiro atoms. The first kappa shape index (κ1) is 49.8. The molecule has 0 nitrogen and oxygen atoms in total. The Balaban J connectivity index is 0.000000239. The topological polar surface area (TPSA) is 0 Å². The molecule has 55 heavy (non-hydrogen) atoms. The maximum Gasteiger partial charge on any atom is -0.0289 e. The van der Waals surface area contributed by atoms with E-state index in [-0.39, 0.29) is 0 Å². The van der Waals surface area contributed by atoms with Crippen LogP contribution < -0.4 is 0 Å². The van der Waals surface area contributed by atoms with Gasteiger partial charge in [0.15, 0.2) is 0 Å². The van der Waals surface area contributed by atoms with E-state index in [4.69, 9.17) is 0 Å². The summed E-state index contributed by atoms with van der Waals surface area (Å²) >= 11 is 0. The van der Waals surface area contributed by atoms with Gasteiger partial charge in [-0.1, -0.05) is 214 Å². The first-order valence-electron chi connectivity index (χ1n) is 25.7. The van der Waals surface area contributed by atoms with Crippen molar-refractivity contribution in [3.63, 3.8) is 0 Å². The Morgan fingerprint density at radius 3 is 0.564 bits per heavy atom. The average molecular weight is 759 g/mol. The molecular weight excluding hydrogens is 661 g/mol. The number of rotatable bonds is 0. The summed E-state index contributed by atoms with van der Waals surface area (Å²) in [6.07, 6.45) is 84.2. The maximum atomic E-state index is 2.42. The van der Waals surface area contributed by atoms with Crippen molar-refractivity contribution in [3.05, 3.63) is 60.3 Å². The van der Waals surface area contributed by atoms with E-state index in [1.54, 1.807) is 5.57 Å². The Bertz CT molecular complexity index is 736. The van der Waals surface area contributed by atoms with E-state index in [0.717, 1.165) is 5.92 Å². The largest absolute Gasteiger partial charge is 0.0885 e. The van der Waals surface area contributed by atoms with Crippen LogP contribution in [-0.2, 0) is 0 Å². The van der Waals surface area contributed by atoms with Crippen LogP contribution in [0.3, 0.4) is 0 Å². The van der Waals surface area contributed by atoms with Crippen LogP contribution in [-0.4, -0.2) is 0 Å². The summed E-state index contributed by atoms with van der Waals surface area (Å²) in [7, 11) is 0. The molecule has 1 saturated carbocycles. The van der Waals surface area contributed by atoms with E-state index in [9.17, 15) is 0 Å². The van der Waals surface area contributed by atoms with Crippen molar-refractivity contribution >= 4 is 0 Å². The van der Waals surface area contributed by atoms with Crippen LogP contribution in [0.25, 0.3) is 0 Å². The van der Waals surface area contributed by atoms with Crippen LogP contribution >= 0.6 is 0 Å². The molecule has 318 valence electrons. The van der Waals surface area contributed by atoms with Crippen molar-refractivity contribution in [2.24, 2.45) is 5.92 Å². The number of allylic oxidation sites excluding steroid dienone is 10. The fraction of sp³-hybridized carbons (Fsp3) is 0.818. The van der Waals surface area contributed by atoms with Crippen molar-refractivity contribution < 1.29 is 0 Å². The Labute approximate surface area is 347 Å². The zero-order valence-corrected chi connectivity index (χ0v) is 37.4. The van der Waals surface area contributed by atoms with Gasteiger partial charge in [0.2, 0.25) is 0 Å². The number of fused-ring (bicyclic) bond motifs is 2. The summed E-state index contributed by atoms with van der Waals surface area (Å²) in [5.41, 5.74) is 1.74. The third kappa shape index (κ3) is 36.8. The predicted octanol–water partition coefficient (Wildman–Crippen LogP) is 19.9. The lowest BCUT2D eigenvalue weighted by Gasteiger charge is -2.02. The van der Waals surface area contributed by atoms with Gasteiger partial charge in [-0.25, -0.2) is 0 Å². The third-order valence-corrected chi connectivity index (χ3v) is 12.8. The fourth-order valence-electron chi connectivity index (χ4n) is 8.97. The van der Waals surface area contributed by atoms with Gasteiger partial charge in [0.25, 0.3) is 0 Å². The maximum absolute atomic E-state index is 2.42. The molecule has 0 heterocycles. The van der Waals surface area contributed by atoms with E-state index in [2.05, 4.69) is 54.7 Å². The van der Waals surface area contributed by atoms with Crippen molar-refractivity contribution in [1.82, 2.24) is 0 Å². The van der Waals surface area contributed by atoms with Gasteiger partial charge in [-0.3, -0.25) is 0 Å². The lowest BCUT2D eigenvalue weighted by Crippen LogP contribution is -1.85. The minimum atomic E-state index is 1.08. The van der Waals surface area contributed by atoms with Gasteiger partial charge in [-0.05, 0) is 134 Å². The lowest BCUT2D eigenvalue weighted by atomic mass is 10.0. The highest BCUT2D eigenvalue weighted by Crippen LogP contribution is 2.39. The van der Waals surface area contributed by atoms with Crippen molar-refractivity contribution in [2.45, 2.75) is 283 Å². The first-order valence-corrected chi connectivity index (χ1v) is 25.7. The second kappa shape index (κ2) is 42.3. The summed E-state index contributed by atoms with van der Waals surface area (Å²) in [4.78, 5) is 0. The highest BCUT2D eigenvalue weighted by atomic mass is 14.3. The highest BCUT2D eigenvalue weighted by Gasteiger charge is 2.23. The second-order valence-electron chi connectivity index (χ2n) is 18.2. The van der Waals surface area contributed by atoms with Crippen molar-refractivity contribution in [3.8, 4) is 0 Å². The first-order chi connectivity index (χ1) is 27.4. The Morgan fingerprint density at radius 1 is 0.255 bits per heavy atom. The molecule has 0 radical (unpaired) electrons. The molecule has 0 amide bonds. The smallest absolute Gasteiger partial charge is 0.0289 e. The van der Waals surface area contributed by atoms with E-state index < -0.39 is 0 Å². The van der Waals surface area contributed by atoms with Gasteiger partial charge < -0.3 is 0 Å². The van der Waals surface area contributed by atoms with Crippen LogP contribution in [0, 0.1) is 5.92 Å². The predicted molar refractivity (Wildman–Crippen MR) is 251 cm³/mol. The summed E-state index contributed by atoms with van der Waals surface area (Å²) in [5, 5.41) is 0. The van der Waals surface area contributed by atoms with Gasteiger partial charge in [-0.2, -0.15) is 0 Å². The quantitative estimate of drug-likeness (QED) is 0.216. The highest BCUT2D eigenvalue weighted by molar-refractivity contribution is 5.15. The molecule has 6 aliphatic rings. The third-order valence-electron chi connectivity index (χ3n) is 12.8. The van der Waals surface area contributed by atoms with Crippen LogP contribution in [0.5, 0.6) is 0 Å². The minimum absolute atomic E-state index is 1.08. The summed E-state index contributed by atoms with van der Waals surface area (Å²) in [6, 6.07) is 0. The molecule has 1 fully saturated rings. The minimum Gasteiger partial charge on any atom is -0.0885 e. The molecule has 0 heteroatoms. The molecule has 6 aliphatic carbocycles. The molecule has 0 aromatic carbocycles. The van der Waals surface area contributed by atoms with Crippen LogP contribution in [0.15, 0.2) is 60.3 Å². The van der Waals surface area contributed by atoms with Gasteiger partial charge >= 0.3 is 0 Å². The van der Waals surface area contributed by atoms with Crippen molar-refractivity contribution in [2.75, 3.05) is 0 Å². The second-order valence-corrected chi connectivity index (χ2v) is 18.2. The van der Waals surface area contributed by atoms with E-state index in [1.807, 2.05) is 0 Å². The average Bonchev–Trinajstić information content (AvgIpc) is 3.84. The monoisotopic (exact) mass is 759 g/mol. The SMILES string of the molecule is C1=C/CCCCCCCCCC/1.C1=C/CCCCCCCCCC/1.C1=C/CCCCCCCCCC/1.C1=C/CCCCCCCCCC/1.C1=C2CCC(C1)C2. The van der Waals surface area contributed by atoms with Crippen LogP contribution in [0.4, 0.5) is 0 Å². The zero-order chi connectivity index (χ0) is 38.6. The van der Waals surface area contributed by atoms with Gasteiger partial charge in [-0.15, -0.1) is 0 Å². The molecular formula is C55H98. The summed E-state index contributed by atoms with van der Waals surface area (Å²) in [6.45, 7) is 0. The molecule has 0 aromatic heterocycles. The van der Waals surface area contributed by atoms with E-state index in [1.165, 1.54) is 283 Å². The van der Waals surface area contributed by atoms with E-state index in [0.29, 0.717) is 0 Å². The van der Waals surface area contributed by atoms with Gasteiger partial charge in [0.05, 0.1) is 0 Å². The number of hydrogen-bond acceptors (Lipinski definition) is 0. The molecule has 2 bridgehead atoms. The Hall–Kier alpha value is -1.30. The van der Waals surface area contributed by atoms with Crippen molar-refractivity contribution in [1.29, 1.82) is 0 Å². The molecule has 6 rings (SSSR count). The van der Waals surface area contributed by atoms with Gasteiger partial charge in [0.1, 0.15) is 0 Å². The molecule has 1 atom stereocenters. The lowest BCUT2D eigenvalue weighted by molar-refractivity contribution is 0.566.